The van der Waals surface area contributed by atoms with Crippen molar-refractivity contribution in [2.75, 3.05) is 0 Å². The minimum absolute atomic E-state index is 0.762. The van der Waals surface area contributed by atoms with Crippen molar-refractivity contribution in [3.8, 4) is 0 Å². The molecule has 0 bridgehead atoms. The van der Waals surface area contributed by atoms with E-state index in [9.17, 15) is 4.79 Å². The van der Waals surface area contributed by atoms with Gasteiger partial charge in [-0.15, -0.1) is 0 Å². The Morgan fingerprint density at radius 1 is 1.45 bits per heavy atom. The summed E-state index contributed by atoms with van der Waals surface area (Å²) < 4.78 is 0. The summed E-state index contributed by atoms with van der Waals surface area (Å²) in [5.41, 5.74) is 0.840. The standard InChI is InChI=1S/C9H10OSi/c1-2-11-9-6-4-3-5-8(9)7-10/h3-7H,2H2,1H3. The number of carbonyl (C=O) groups excluding carboxylic acids is 1. The highest BCUT2D eigenvalue weighted by Gasteiger charge is 1.97. The van der Waals surface area contributed by atoms with Crippen LogP contribution in [-0.2, 0) is 0 Å². The zero-order chi connectivity index (χ0) is 8.10. The second-order valence-electron chi connectivity index (χ2n) is 2.24. The second kappa shape index (κ2) is 4.08. The summed E-state index contributed by atoms with van der Waals surface area (Å²) in [6, 6.07) is 8.87. The molecule has 0 aromatic heterocycles. The normalized spacial score (nSPS) is 9.55. The maximum absolute atomic E-state index is 10.5. The summed E-state index contributed by atoms with van der Waals surface area (Å²) in [6.45, 7) is 2.13. The minimum atomic E-state index is 0.762. The molecule has 0 saturated carbocycles. The first-order valence-corrected chi connectivity index (χ1v) is 4.87. The van der Waals surface area contributed by atoms with Crippen LogP contribution in [0.1, 0.15) is 17.3 Å². The predicted molar refractivity (Wildman–Crippen MR) is 47.7 cm³/mol. The fourth-order valence-electron chi connectivity index (χ4n) is 0.951. The van der Waals surface area contributed by atoms with Crippen molar-refractivity contribution in [1.82, 2.24) is 0 Å². The van der Waals surface area contributed by atoms with Gasteiger partial charge in [0.05, 0.1) is 9.52 Å². The predicted octanol–water partition coefficient (Wildman–Crippen LogP) is 1.27. The van der Waals surface area contributed by atoms with Crippen LogP contribution < -0.4 is 5.19 Å². The van der Waals surface area contributed by atoms with E-state index in [1.807, 2.05) is 24.3 Å². The lowest BCUT2D eigenvalue weighted by molar-refractivity contribution is 0.112. The summed E-state index contributed by atoms with van der Waals surface area (Å²) in [7, 11) is 0.762. The van der Waals surface area contributed by atoms with Gasteiger partial charge in [0.15, 0.2) is 0 Å². The summed E-state index contributed by atoms with van der Waals surface area (Å²) in [5.74, 6) is 0. The van der Waals surface area contributed by atoms with E-state index in [-0.39, 0.29) is 0 Å². The first kappa shape index (κ1) is 8.21. The Labute approximate surface area is 69.3 Å². The van der Waals surface area contributed by atoms with E-state index in [2.05, 4.69) is 6.92 Å². The van der Waals surface area contributed by atoms with E-state index in [1.54, 1.807) is 0 Å². The first-order chi connectivity index (χ1) is 5.38. The molecule has 2 radical (unpaired) electrons. The average Bonchev–Trinajstić information content (AvgIpc) is 2.06. The molecule has 56 valence electrons. The van der Waals surface area contributed by atoms with Crippen LogP contribution in [0.15, 0.2) is 24.3 Å². The Bertz CT molecular complexity index is 245. The van der Waals surface area contributed by atoms with Gasteiger partial charge in [0.25, 0.3) is 0 Å². The molecule has 0 aliphatic heterocycles. The number of hydrogen-bond donors (Lipinski definition) is 0. The molecule has 0 saturated heterocycles. The van der Waals surface area contributed by atoms with E-state index in [1.165, 1.54) is 5.19 Å². The molecule has 1 rings (SSSR count). The molecule has 2 heteroatoms. The van der Waals surface area contributed by atoms with Crippen LogP contribution in [0, 0.1) is 0 Å². The van der Waals surface area contributed by atoms with Gasteiger partial charge >= 0.3 is 0 Å². The number of rotatable bonds is 3. The lowest BCUT2D eigenvalue weighted by Crippen LogP contribution is -2.17. The van der Waals surface area contributed by atoms with Gasteiger partial charge < -0.3 is 0 Å². The van der Waals surface area contributed by atoms with Crippen LogP contribution in [0.5, 0.6) is 0 Å². The average molecular weight is 162 g/mol. The van der Waals surface area contributed by atoms with Crippen LogP contribution in [0.3, 0.4) is 0 Å². The van der Waals surface area contributed by atoms with E-state index >= 15 is 0 Å². The smallest absolute Gasteiger partial charge is 0.149 e. The van der Waals surface area contributed by atoms with Crippen molar-refractivity contribution in [3.05, 3.63) is 29.8 Å². The Morgan fingerprint density at radius 3 is 2.82 bits per heavy atom. The van der Waals surface area contributed by atoms with Crippen LogP contribution in [0.4, 0.5) is 0 Å². The SMILES string of the molecule is CC[Si]c1ccccc1C=O. The van der Waals surface area contributed by atoms with E-state index in [0.717, 1.165) is 27.4 Å². The minimum Gasteiger partial charge on any atom is -0.298 e. The maximum Gasteiger partial charge on any atom is 0.149 e. The van der Waals surface area contributed by atoms with Gasteiger partial charge in [0.1, 0.15) is 6.29 Å². The van der Waals surface area contributed by atoms with Crippen molar-refractivity contribution in [2.24, 2.45) is 0 Å². The lowest BCUT2D eigenvalue weighted by atomic mass is 10.2. The molecule has 11 heavy (non-hydrogen) atoms. The Balaban J connectivity index is 2.92. The van der Waals surface area contributed by atoms with Crippen LogP contribution in [0.2, 0.25) is 6.04 Å². The monoisotopic (exact) mass is 162 g/mol. The van der Waals surface area contributed by atoms with Crippen LogP contribution in [0.25, 0.3) is 0 Å². The Morgan fingerprint density at radius 2 is 2.18 bits per heavy atom. The molecule has 0 spiro atoms. The lowest BCUT2D eigenvalue weighted by Gasteiger charge is -1.99. The van der Waals surface area contributed by atoms with E-state index in [4.69, 9.17) is 0 Å². The van der Waals surface area contributed by atoms with Crippen molar-refractivity contribution < 1.29 is 4.79 Å². The van der Waals surface area contributed by atoms with Gasteiger partial charge in [0.2, 0.25) is 0 Å². The van der Waals surface area contributed by atoms with Crippen molar-refractivity contribution in [2.45, 2.75) is 13.0 Å². The first-order valence-electron chi connectivity index (χ1n) is 3.66. The highest BCUT2D eigenvalue weighted by Crippen LogP contribution is 1.91. The third-order valence-corrected chi connectivity index (χ3v) is 2.64. The second-order valence-corrected chi connectivity index (χ2v) is 3.83. The summed E-state index contributed by atoms with van der Waals surface area (Å²) in [4.78, 5) is 10.5. The van der Waals surface area contributed by atoms with Gasteiger partial charge in [-0.25, -0.2) is 0 Å². The fraction of sp³-hybridized carbons (Fsp3) is 0.222. The number of carbonyl (C=O) groups is 1. The highest BCUT2D eigenvalue weighted by atomic mass is 28.2. The van der Waals surface area contributed by atoms with Gasteiger partial charge in [0, 0.05) is 5.56 Å². The van der Waals surface area contributed by atoms with Crippen LogP contribution >= 0.6 is 0 Å². The summed E-state index contributed by atoms with van der Waals surface area (Å²) >= 11 is 0. The van der Waals surface area contributed by atoms with E-state index < -0.39 is 0 Å². The Kier molecular flexibility index (Phi) is 3.05. The molecular formula is C9H10OSi. The highest BCUT2D eigenvalue weighted by molar-refractivity contribution is 6.54. The summed E-state index contributed by atoms with van der Waals surface area (Å²) in [5, 5.41) is 1.19. The fourth-order valence-corrected chi connectivity index (χ4v) is 1.89. The van der Waals surface area contributed by atoms with Gasteiger partial charge in [-0.1, -0.05) is 42.4 Å². The molecule has 0 atom stereocenters. The third kappa shape index (κ3) is 2.02. The molecule has 0 aliphatic rings. The molecule has 1 aromatic carbocycles. The van der Waals surface area contributed by atoms with Crippen LogP contribution in [-0.4, -0.2) is 15.8 Å². The third-order valence-electron chi connectivity index (χ3n) is 1.45. The molecule has 1 nitrogen and oxygen atoms in total. The van der Waals surface area contributed by atoms with E-state index in [0.29, 0.717) is 0 Å². The quantitative estimate of drug-likeness (QED) is 0.483. The Hall–Kier alpha value is -0.893. The maximum atomic E-state index is 10.5. The zero-order valence-corrected chi connectivity index (χ0v) is 7.50. The van der Waals surface area contributed by atoms with Crippen molar-refractivity contribution >= 4 is 21.0 Å². The zero-order valence-electron chi connectivity index (χ0n) is 6.50. The molecule has 0 unspecified atom stereocenters. The number of hydrogen-bond acceptors (Lipinski definition) is 1. The van der Waals surface area contributed by atoms with Gasteiger partial charge in [-0.05, 0) is 0 Å². The summed E-state index contributed by atoms with van der Waals surface area (Å²) in [6.07, 6.45) is 0.929. The molecule has 0 heterocycles. The van der Waals surface area contributed by atoms with Gasteiger partial charge in [-0.3, -0.25) is 4.79 Å². The number of benzene rings is 1. The van der Waals surface area contributed by atoms with Crippen molar-refractivity contribution in [3.63, 3.8) is 0 Å². The molecular weight excluding hydrogens is 152 g/mol. The van der Waals surface area contributed by atoms with Crippen molar-refractivity contribution in [1.29, 1.82) is 0 Å². The largest absolute Gasteiger partial charge is 0.298 e. The van der Waals surface area contributed by atoms with Gasteiger partial charge in [-0.2, -0.15) is 0 Å². The number of aldehydes is 1. The molecule has 0 fully saturated rings. The topological polar surface area (TPSA) is 17.1 Å². The molecule has 0 N–H and O–H groups in total. The molecule has 1 aromatic rings. The molecule has 0 aliphatic carbocycles. The molecule has 0 amide bonds.